The van der Waals surface area contributed by atoms with Gasteiger partial charge in [0.25, 0.3) is 0 Å². The Balaban J connectivity index is 0.000000179. The number of carboxylic acid groups (broad SMARTS) is 1. The van der Waals surface area contributed by atoms with Crippen LogP contribution in [0, 0.1) is 0 Å². The van der Waals surface area contributed by atoms with E-state index in [9.17, 15) is 14.4 Å². The zero-order valence-electron chi connectivity index (χ0n) is 18.9. The fraction of sp³-hybridized carbons (Fsp3) is 0.269. The molecule has 0 spiro atoms. The first-order valence-electron chi connectivity index (χ1n) is 11.2. The quantitative estimate of drug-likeness (QED) is 0.523. The second-order valence-corrected chi connectivity index (χ2v) is 9.39. The van der Waals surface area contributed by atoms with E-state index in [0.717, 1.165) is 25.7 Å². The lowest BCUT2D eigenvalue weighted by Gasteiger charge is -2.25. The predicted octanol–water partition coefficient (Wildman–Crippen LogP) is 3.57. The van der Waals surface area contributed by atoms with Gasteiger partial charge in [0, 0.05) is 23.4 Å². The fourth-order valence-corrected chi connectivity index (χ4v) is 4.60. The largest absolute Gasteiger partial charge is 0.464 e. The van der Waals surface area contributed by atoms with Gasteiger partial charge in [0.2, 0.25) is 5.91 Å². The summed E-state index contributed by atoms with van der Waals surface area (Å²) in [6.45, 7) is 0.662. The highest BCUT2D eigenvalue weighted by molar-refractivity contribution is 9.10. The monoisotopic (exact) mass is 539 g/mol. The molecule has 3 aromatic rings. The highest BCUT2D eigenvalue weighted by atomic mass is 79.9. The average Bonchev–Trinajstić information content (AvgIpc) is 3.59. The summed E-state index contributed by atoms with van der Waals surface area (Å²) in [5.74, 6) is -0.175. The molecule has 3 atom stereocenters. The highest BCUT2D eigenvalue weighted by Gasteiger charge is 2.47. The maximum Gasteiger partial charge on any atom is 0.415 e. The van der Waals surface area contributed by atoms with Crippen molar-refractivity contribution in [3.63, 3.8) is 0 Å². The van der Waals surface area contributed by atoms with Crippen LogP contribution in [0.25, 0.3) is 11.1 Å². The minimum Gasteiger partial charge on any atom is -0.464 e. The lowest BCUT2D eigenvalue weighted by molar-refractivity contribution is -0.137. The van der Waals surface area contributed by atoms with E-state index in [1.165, 1.54) is 6.20 Å². The van der Waals surface area contributed by atoms with Crippen LogP contribution in [0.15, 0.2) is 77.5 Å². The zero-order chi connectivity index (χ0) is 24.9. The number of Topliss-reactive ketones (excluding diaryl/α,β-unsaturated/α-hetero) is 1. The number of nitrogens with two attached hydrogens (primary N) is 1. The molecule has 35 heavy (non-hydrogen) atoms. The molecule has 0 saturated carbocycles. The van der Waals surface area contributed by atoms with Gasteiger partial charge in [0.1, 0.15) is 12.6 Å². The highest BCUT2D eigenvalue weighted by Crippen LogP contribution is 2.27. The van der Waals surface area contributed by atoms with Gasteiger partial charge in [0.05, 0.1) is 12.1 Å². The number of benzene rings is 2. The molecule has 5 rings (SSSR count). The summed E-state index contributed by atoms with van der Waals surface area (Å²) in [5, 5.41) is 8.71. The maximum absolute atomic E-state index is 12.5. The van der Waals surface area contributed by atoms with Crippen LogP contribution >= 0.6 is 15.9 Å². The topological polar surface area (TPSA) is 115 Å². The number of halogens is 1. The number of ketones is 1. The number of hydrogen-bond acceptors (Lipinski definition) is 5. The van der Waals surface area contributed by atoms with Gasteiger partial charge >= 0.3 is 6.09 Å². The van der Waals surface area contributed by atoms with Crippen molar-refractivity contribution in [1.82, 2.24) is 9.47 Å². The van der Waals surface area contributed by atoms with Crippen molar-refractivity contribution in [2.45, 2.75) is 31.0 Å². The summed E-state index contributed by atoms with van der Waals surface area (Å²) in [6.07, 6.45) is 3.21. The summed E-state index contributed by atoms with van der Waals surface area (Å²) in [4.78, 5) is 36.5. The summed E-state index contributed by atoms with van der Waals surface area (Å²) >= 11 is 3.37. The molecule has 2 fully saturated rings. The Morgan fingerprint density at radius 1 is 1.09 bits per heavy atom. The molecule has 0 aliphatic carbocycles. The zero-order valence-corrected chi connectivity index (χ0v) is 20.5. The molecule has 2 aromatic carbocycles. The molecule has 1 aromatic heterocycles. The van der Waals surface area contributed by atoms with Crippen LogP contribution in [-0.2, 0) is 20.7 Å². The van der Waals surface area contributed by atoms with Gasteiger partial charge in [-0.3, -0.25) is 14.2 Å². The summed E-state index contributed by atoms with van der Waals surface area (Å²) in [7, 11) is 0. The number of amides is 1. The smallest absolute Gasteiger partial charge is 0.415 e. The molecule has 0 bridgehead atoms. The molecule has 1 amide bonds. The first-order chi connectivity index (χ1) is 16.8. The van der Waals surface area contributed by atoms with Crippen molar-refractivity contribution in [2.24, 2.45) is 5.73 Å². The Kier molecular flexibility index (Phi) is 7.80. The SMILES string of the molecule is NC(Cc1ccc(Br)cc1)C(=O)N1CCC2OCC(=O)C21.O=C(O)n1ccc(-c2ccccc2)c1. The van der Waals surface area contributed by atoms with Crippen molar-refractivity contribution in [3.8, 4) is 11.1 Å². The van der Waals surface area contributed by atoms with E-state index in [4.69, 9.17) is 15.6 Å². The Hall–Kier alpha value is -3.27. The molecule has 2 aliphatic rings. The van der Waals surface area contributed by atoms with Crippen LogP contribution in [0.5, 0.6) is 0 Å². The Morgan fingerprint density at radius 3 is 2.46 bits per heavy atom. The van der Waals surface area contributed by atoms with E-state index in [1.54, 1.807) is 17.2 Å². The number of nitrogens with zero attached hydrogens (tertiary/aromatic N) is 2. The molecule has 9 heteroatoms. The van der Waals surface area contributed by atoms with Gasteiger partial charge in [-0.25, -0.2) is 4.79 Å². The van der Waals surface area contributed by atoms with E-state index in [0.29, 0.717) is 19.4 Å². The van der Waals surface area contributed by atoms with E-state index in [-0.39, 0.29) is 24.4 Å². The maximum atomic E-state index is 12.5. The summed E-state index contributed by atoms with van der Waals surface area (Å²) in [5.41, 5.74) is 8.97. The molecular weight excluding hydrogens is 514 g/mol. The van der Waals surface area contributed by atoms with Gasteiger partial charge < -0.3 is 20.5 Å². The number of likely N-dealkylation sites (tertiary alicyclic amines) is 1. The van der Waals surface area contributed by atoms with Crippen molar-refractivity contribution in [1.29, 1.82) is 0 Å². The van der Waals surface area contributed by atoms with Crippen molar-refractivity contribution < 1.29 is 24.2 Å². The first kappa shape index (κ1) is 24.8. The lowest BCUT2D eigenvalue weighted by Crippen LogP contribution is -2.50. The van der Waals surface area contributed by atoms with E-state index in [1.807, 2.05) is 54.6 Å². The predicted molar refractivity (Wildman–Crippen MR) is 134 cm³/mol. The molecular formula is C26H26BrN3O5. The summed E-state index contributed by atoms with van der Waals surface area (Å²) < 4.78 is 7.52. The van der Waals surface area contributed by atoms with Crippen LogP contribution in [0.3, 0.4) is 0 Å². The lowest BCUT2D eigenvalue weighted by atomic mass is 10.0. The second-order valence-electron chi connectivity index (χ2n) is 8.47. The first-order valence-corrected chi connectivity index (χ1v) is 12.0. The molecule has 0 radical (unpaired) electrons. The van der Waals surface area contributed by atoms with Gasteiger partial charge in [-0.2, -0.15) is 0 Å². The minimum atomic E-state index is -0.966. The molecule has 3 unspecified atom stereocenters. The molecule has 2 saturated heterocycles. The van der Waals surface area contributed by atoms with Gasteiger partial charge in [0.15, 0.2) is 5.78 Å². The van der Waals surface area contributed by atoms with Crippen LogP contribution in [-0.4, -0.2) is 63.7 Å². The number of carbonyl (C=O) groups is 3. The standard InChI is InChI=1S/C15H17BrN2O3.C11H9NO2/c16-10-3-1-9(2-4-10)7-11(17)15(20)18-6-5-13-14(18)12(19)8-21-13;13-11(14)12-7-6-10(8-12)9-4-2-1-3-5-9/h1-4,11,13-14H,5-8,17H2;1-8H,(H,13,14). The Morgan fingerprint density at radius 2 is 1.80 bits per heavy atom. The number of hydrogen-bond donors (Lipinski definition) is 2. The normalized spacial score (nSPS) is 19.6. The molecule has 2 aliphatic heterocycles. The number of aromatic nitrogens is 1. The van der Waals surface area contributed by atoms with Crippen molar-refractivity contribution >= 4 is 33.7 Å². The Labute approximate surface area is 211 Å². The third-order valence-corrected chi connectivity index (χ3v) is 6.63. The Bertz CT molecular complexity index is 1200. The average molecular weight is 540 g/mol. The molecule has 182 valence electrons. The van der Waals surface area contributed by atoms with Gasteiger partial charge in [-0.15, -0.1) is 0 Å². The van der Waals surface area contributed by atoms with Gasteiger partial charge in [-0.1, -0.05) is 58.4 Å². The number of carbonyl (C=O) groups excluding carboxylic acids is 2. The van der Waals surface area contributed by atoms with Crippen molar-refractivity contribution in [3.05, 3.63) is 83.1 Å². The number of fused-ring (bicyclic) bond motifs is 1. The van der Waals surface area contributed by atoms with E-state index >= 15 is 0 Å². The second kappa shape index (κ2) is 11.0. The van der Waals surface area contributed by atoms with E-state index in [2.05, 4.69) is 15.9 Å². The van der Waals surface area contributed by atoms with Crippen LogP contribution in [0.1, 0.15) is 12.0 Å². The third-order valence-electron chi connectivity index (χ3n) is 6.10. The number of rotatable bonds is 4. The molecule has 3 N–H and O–H groups in total. The van der Waals surface area contributed by atoms with Gasteiger partial charge in [-0.05, 0) is 47.7 Å². The minimum absolute atomic E-state index is 0.0123. The number of ether oxygens (including phenoxy) is 1. The van der Waals surface area contributed by atoms with Crippen molar-refractivity contribution in [2.75, 3.05) is 13.2 Å². The summed E-state index contributed by atoms with van der Waals surface area (Å²) in [6, 6.07) is 18.1. The fourth-order valence-electron chi connectivity index (χ4n) is 4.33. The molecule has 3 heterocycles. The van der Waals surface area contributed by atoms with Crippen LogP contribution in [0.2, 0.25) is 0 Å². The van der Waals surface area contributed by atoms with E-state index < -0.39 is 18.2 Å². The van der Waals surface area contributed by atoms with Crippen LogP contribution < -0.4 is 5.73 Å². The van der Waals surface area contributed by atoms with Crippen LogP contribution in [0.4, 0.5) is 4.79 Å². The third kappa shape index (κ3) is 5.87. The molecule has 8 nitrogen and oxygen atoms in total.